The molecular formula is C20H20N4O7S3. The van der Waals surface area contributed by atoms with Crippen molar-refractivity contribution in [1.82, 2.24) is 4.98 Å². The summed E-state index contributed by atoms with van der Waals surface area (Å²) < 4.78 is 64.1. The highest BCUT2D eigenvalue weighted by Gasteiger charge is 2.26. The van der Waals surface area contributed by atoms with Crippen molar-refractivity contribution in [2.24, 2.45) is 0 Å². The van der Waals surface area contributed by atoms with Gasteiger partial charge in [-0.1, -0.05) is 0 Å². The molecule has 0 saturated heterocycles. The van der Waals surface area contributed by atoms with Gasteiger partial charge in [0.05, 0.1) is 16.3 Å². The maximum Gasteiger partial charge on any atom is 0.263 e. The summed E-state index contributed by atoms with van der Waals surface area (Å²) in [5, 5.41) is 4.46. The number of ether oxygens (including phenoxy) is 2. The molecule has 1 aliphatic heterocycles. The average molecular weight is 525 g/mol. The monoisotopic (exact) mass is 524 g/mol. The van der Waals surface area contributed by atoms with E-state index in [0.29, 0.717) is 17.2 Å². The van der Waals surface area contributed by atoms with E-state index in [4.69, 9.17) is 9.47 Å². The second kappa shape index (κ2) is 9.48. The number of anilines is 3. The fourth-order valence-corrected chi connectivity index (χ4v) is 5.89. The molecule has 4 rings (SSSR count). The molecule has 0 radical (unpaired) electrons. The zero-order valence-corrected chi connectivity index (χ0v) is 20.2. The third-order valence-corrected chi connectivity index (χ3v) is 8.65. The number of amides is 1. The largest absolute Gasteiger partial charge is 0.454 e. The van der Waals surface area contributed by atoms with Crippen LogP contribution in [0, 0.1) is 0 Å². The summed E-state index contributed by atoms with van der Waals surface area (Å²) in [7, 11) is -7.62. The highest BCUT2D eigenvalue weighted by Crippen LogP contribution is 2.36. The zero-order valence-electron chi connectivity index (χ0n) is 17.8. The number of benzene rings is 2. The van der Waals surface area contributed by atoms with Crippen LogP contribution in [0.4, 0.5) is 16.5 Å². The van der Waals surface area contributed by atoms with Gasteiger partial charge in [0.15, 0.2) is 16.6 Å². The molecule has 34 heavy (non-hydrogen) atoms. The van der Waals surface area contributed by atoms with E-state index in [1.54, 1.807) is 11.4 Å². The van der Waals surface area contributed by atoms with Crippen molar-refractivity contribution >= 4 is 53.8 Å². The zero-order chi connectivity index (χ0) is 24.3. The number of nitrogens with one attached hydrogen (secondary N) is 2. The van der Waals surface area contributed by atoms with Crippen LogP contribution >= 0.6 is 11.3 Å². The molecule has 0 fully saturated rings. The summed E-state index contributed by atoms with van der Waals surface area (Å²) in [6, 6.07) is 10.1. The van der Waals surface area contributed by atoms with Crippen LogP contribution in [-0.4, -0.2) is 46.8 Å². The van der Waals surface area contributed by atoms with Gasteiger partial charge in [0.25, 0.3) is 10.0 Å². The van der Waals surface area contributed by atoms with Crippen LogP contribution in [0.2, 0.25) is 0 Å². The number of nitrogens with zero attached hydrogens (tertiary/aromatic N) is 2. The molecular weight excluding hydrogens is 504 g/mol. The minimum absolute atomic E-state index is 0.0174. The Morgan fingerprint density at radius 2 is 1.82 bits per heavy atom. The van der Waals surface area contributed by atoms with Crippen LogP contribution in [0.5, 0.6) is 11.5 Å². The standard InChI is InChI=1S/C20H20N4O7S3/c1-2-33(26,27)24(15-5-8-17-18(11-15)31-13-30-17)12-19(25)22-14-3-6-16(7-4-14)34(28,29)23-20-21-9-10-32-20/h3-11H,2,12-13H2,1H3,(H,21,23)(H,22,25). The number of thiazole rings is 1. The van der Waals surface area contributed by atoms with Crippen LogP contribution in [0.3, 0.4) is 0 Å². The number of hydrogen-bond donors (Lipinski definition) is 2. The first-order valence-electron chi connectivity index (χ1n) is 9.90. The van der Waals surface area contributed by atoms with Gasteiger partial charge in [-0.25, -0.2) is 21.8 Å². The predicted molar refractivity (Wildman–Crippen MR) is 127 cm³/mol. The number of rotatable bonds is 9. The first-order chi connectivity index (χ1) is 16.2. The SMILES string of the molecule is CCS(=O)(=O)N(CC(=O)Nc1ccc(S(=O)(=O)Nc2nccs2)cc1)c1ccc2c(c1)OCO2. The molecule has 1 amide bonds. The number of sulfonamides is 2. The van der Waals surface area contributed by atoms with Crippen LogP contribution < -0.4 is 23.8 Å². The molecule has 0 spiro atoms. The lowest BCUT2D eigenvalue weighted by atomic mass is 10.2. The Bertz CT molecular complexity index is 1390. The highest BCUT2D eigenvalue weighted by molar-refractivity contribution is 7.93. The Morgan fingerprint density at radius 3 is 2.50 bits per heavy atom. The van der Waals surface area contributed by atoms with E-state index in [1.165, 1.54) is 49.5 Å². The lowest BCUT2D eigenvalue weighted by Crippen LogP contribution is -2.39. The van der Waals surface area contributed by atoms with Crippen molar-refractivity contribution < 1.29 is 31.1 Å². The van der Waals surface area contributed by atoms with E-state index in [9.17, 15) is 21.6 Å². The maximum absolute atomic E-state index is 12.7. The van der Waals surface area contributed by atoms with Crippen LogP contribution in [-0.2, 0) is 24.8 Å². The van der Waals surface area contributed by atoms with Gasteiger partial charge in [-0.05, 0) is 43.3 Å². The second-order valence-corrected chi connectivity index (χ2v) is 11.7. The molecule has 2 heterocycles. The summed E-state index contributed by atoms with van der Waals surface area (Å²) in [5.74, 6) is 0.0536. The Kier molecular flexibility index (Phi) is 6.63. The maximum atomic E-state index is 12.7. The molecule has 2 N–H and O–H groups in total. The third kappa shape index (κ3) is 5.24. The Labute approximate surface area is 200 Å². The molecule has 3 aromatic rings. The molecule has 1 aromatic heterocycles. The quantitative estimate of drug-likeness (QED) is 0.434. The molecule has 11 nitrogen and oxygen atoms in total. The minimum Gasteiger partial charge on any atom is -0.454 e. The Hall–Kier alpha value is -3.36. The van der Waals surface area contributed by atoms with Gasteiger partial charge in [-0.2, -0.15) is 0 Å². The molecule has 180 valence electrons. The summed E-state index contributed by atoms with van der Waals surface area (Å²) in [6.45, 7) is 1.03. The van der Waals surface area contributed by atoms with E-state index < -0.39 is 32.5 Å². The van der Waals surface area contributed by atoms with Crippen molar-refractivity contribution in [2.75, 3.05) is 33.4 Å². The Balaban J connectivity index is 1.47. The van der Waals surface area contributed by atoms with E-state index >= 15 is 0 Å². The number of fused-ring (bicyclic) bond motifs is 1. The Morgan fingerprint density at radius 1 is 1.09 bits per heavy atom. The van der Waals surface area contributed by atoms with Gasteiger partial charge in [0, 0.05) is 23.3 Å². The number of carbonyl (C=O) groups is 1. The normalized spacial score (nSPS) is 12.9. The number of aromatic nitrogens is 1. The van der Waals surface area contributed by atoms with Crippen molar-refractivity contribution in [3.8, 4) is 11.5 Å². The molecule has 0 bridgehead atoms. The van der Waals surface area contributed by atoms with E-state index in [2.05, 4.69) is 15.0 Å². The first-order valence-corrected chi connectivity index (χ1v) is 13.9. The fraction of sp³-hybridized carbons (Fsp3) is 0.200. The van der Waals surface area contributed by atoms with Crippen molar-refractivity contribution in [2.45, 2.75) is 11.8 Å². The summed E-state index contributed by atoms with van der Waals surface area (Å²) in [5.41, 5.74) is 0.564. The van der Waals surface area contributed by atoms with E-state index in [-0.39, 0.29) is 28.3 Å². The van der Waals surface area contributed by atoms with Gasteiger partial charge in [-0.15, -0.1) is 11.3 Å². The minimum atomic E-state index is -3.84. The van der Waals surface area contributed by atoms with Crippen molar-refractivity contribution in [3.05, 3.63) is 54.0 Å². The highest BCUT2D eigenvalue weighted by atomic mass is 32.2. The van der Waals surface area contributed by atoms with Crippen LogP contribution in [0.15, 0.2) is 58.9 Å². The third-order valence-electron chi connectivity index (χ3n) is 4.73. The van der Waals surface area contributed by atoms with Gasteiger partial charge in [0.2, 0.25) is 22.7 Å². The summed E-state index contributed by atoms with van der Waals surface area (Å²) in [6.07, 6.45) is 1.48. The molecule has 1 aliphatic rings. The number of carbonyl (C=O) groups excluding carboxylic acids is 1. The smallest absolute Gasteiger partial charge is 0.263 e. The second-order valence-electron chi connectivity index (χ2n) is 6.96. The average Bonchev–Trinajstić information content (AvgIpc) is 3.49. The number of hydrogen-bond acceptors (Lipinski definition) is 9. The summed E-state index contributed by atoms with van der Waals surface area (Å²) in [4.78, 5) is 16.5. The molecule has 0 aliphatic carbocycles. The van der Waals surface area contributed by atoms with Crippen molar-refractivity contribution in [3.63, 3.8) is 0 Å². The molecule has 14 heteroatoms. The lowest BCUT2D eigenvalue weighted by Gasteiger charge is -2.23. The van der Waals surface area contributed by atoms with Crippen LogP contribution in [0.25, 0.3) is 0 Å². The molecule has 0 unspecified atom stereocenters. The topological polar surface area (TPSA) is 144 Å². The molecule has 0 saturated carbocycles. The van der Waals surface area contributed by atoms with Gasteiger partial charge >= 0.3 is 0 Å². The first kappa shape index (κ1) is 23.8. The predicted octanol–water partition coefficient (Wildman–Crippen LogP) is 2.47. The molecule has 2 aromatic carbocycles. The van der Waals surface area contributed by atoms with Gasteiger partial charge < -0.3 is 14.8 Å². The van der Waals surface area contributed by atoms with Gasteiger partial charge in [0.1, 0.15) is 6.54 Å². The fourth-order valence-electron chi connectivity index (χ4n) is 3.04. The van der Waals surface area contributed by atoms with E-state index in [1.807, 2.05) is 0 Å². The lowest BCUT2D eigenvalue weighted by molar-refractivity contribution is -0.114. The molecule has 0 atom stereocenters. The summed E-state index contributed by atoms with van der Waals surface area (Å²) >= 11 is 1.14. The van der Waals surface area contributed by atoms with Crippen molar-refractivity contribution in [1.29, 1.82) is 0 Å². The van der Waals surface area contributed by atoms with Crippen LogP contribution in [0.1, 0.15) is 6.92 Å². The van der Waals surface area contributed by atoms with Gasteiger partial charge in [-0.3, -0.25) is 13.8 Å². The van der Waals surface area contributed by atoms with E-state index in [0.717, 1.165) is 15.6 Å².